The zero-order chi connectivity index (χ0) is 14.4. The molecule has 0 radical (unpaired) electrons. The molecular formula is C18H30N2. The van der Waals surface area contributed by atoms with Crippen molar-refractivity contribution >= 4 is 0 Å². The first kappa shape index (κ1) is 15.5. The molecule has 2 heteroatoms. The highest BCUT2D eigenvalue weighted by Gasteiger charge is 2.28. The summed E-state index contributed by atoms with van der Waals surface area (Å²) in [4.78, 5) is 2.68. The molecule has 1 fully saturated rings. The van der Waals surface area contributed by atoms with Gasteiger partial charge in [-0.15, -0.1) is 0 Å². The van der Waals surface area contributed by atoms with Gasteiger partial charge in [0, 0.05) is 19.1 Å². The SMILES string of the molecule is CCNCc1ccc(CN(CCC(C)C)C2CC2)cc1. The Morgan fingerprint density at radius 3 is 2.35 bits per heavy atom. The van der Waals surface area contributed by atoms with Crippen molar-refractivity contribution in [3.05, 3.63) is 35.4 Å². The van der Waals surface area contributed by atoms with Gasteiger partial charge in [-0.05, 0) is 49.4 Å². The Bertz CT molecular complexity index is 379. The van der Waals surface area contributed by atoms with Crippen molar-refractivity contribution in [3.8, 4) is 0 Å². The predicted molar refractivity (Wildman–Crippen MR) is 86.7 cm³/mol. The molecule has 0 spiro atoms. The van der Waals surface area contributed by atoms with E-state index in [-0.39, 0.29) is 0 Å². The zero-order valence-electron chi connectivity index (χ0n) is 13.4. The molecule has 1 N–H and O–H groups in total. The third-order valence-electron chi connectivity index (χ3n) is 4.04. The smallest absolute Gasteiger partial charge is 0.0236 e. The van der Waals surface area contributed by atoms with Crippen LogP contribution in [0.2, 0.25) is 0 Å². The number of hydrogen-bond donors (Lipinski definition) is 1. The molecule has 0 bridgehead atoms. The van der Waals surface area contributed by atoms with Crippen LogP contribution >= 0.6 is 0 Å². The van der Waals surface area contributed by atoms with Gasteiger partial charge in [0.25, 0.3) is 0 Å². The zero-order valence-corrected chi connectivity index (χ0v) is 13.4. The van der Waals surface area contributed by atoms with E-state index in [4.69, 9.17) is 0 Å². The minimum Gasteiger partial charge on any atom is -0.313 e. The van der Waals surface area contributed by atoms with Gasteiger partial charge in [0.1, 0.15) is 0 Å². The normalized spacial score (nSPS) is 15.2. The Morgan fingerprint density at radius 2 is 1.80 bits per heavy atom. The van der Waals surface area contributed by atoms with Crippen LogP contribution < -0.4 is 5.32 Å². The average Bonchev–Trinajstić information content (AvgIpc) is 3.27. The number of rotatable bonds is 9. The molecule has 1 saturated carbocycles. The second kappa shape index (κ2) is 7.80. The van der Waals surface area contributed by atoms with Crippen molar-refractivity contribution in [3.63, 3.8) is 0 Å². The molecule has 1 aromatic rings. The topological polar surface area (TPSA) is 15.3 Å². The van der Waals surface area contributed by atoms with E-state index in [0.29, 0.717) is 0 Å². The van der Waals surface area contributed by atoms with Crippen LogP contribution in [0.3, 0.4) is 0 Å². The molecule has 0 atom stereocenters. The molecule has 1 aliphatic carbocycles. The lowest BCUT2D eigenvalue weighted by Crippen LogP contribution is -2.27. The first-order valence-corrected chi connectivity index (χ1v) is 8.21. The van der Waals surface area contributed by atoms with Crippen molar-refractivity contribution in [1.82, 2.24) is 10.2 Å². The van der Waals surface area contributed by atoms with E-state index in [1.54, 1.807) is 0 Å². The number of nitrogens with one attached hydrogen (secondary N) is 1. The van der Waals surface area contributed by atoms with Crippen LogP contribution in [0.15, 0.2) is 24.3 Å². The molecule has 112 valence electrons. The monoisotopic (exact) mass is 274 g/mol. The van der Waals surface area contributed by atoms with Gasteiger partial charge >= 0.3 is 0 Å². The average molecular weight is 274 g/mol. The lowest BCUT2D eigenvalue weighted by atomic mass is 10.1. The van der Waals surface area contributed by atoms with Gasteiger partial charge in [-0.2, -0.15) is 0 Å². The largest absolute Gasteiger partial charge is 0.313 e. The Kier molecular flexibility index (Phi) is 6.06. The first-order valence-electron chi connectivity index (χ1n) is 8.21. The maximum absolute atomic E-state index is 3.38. The highest BCUT2D eigenvalue weighted by Crippen LogP contribution is 2.28. The second-order valence-electron chi connectivity index (χ2n) is 6.48. The lowest BCUT2D eigenvalue weighted by Gasteiger charge is -2.23. The quantitative estimate of drug-likeness (QED) is 0.736. The highest BCUT2D eigenvalue weighted by atomic mass is 15.2. The van der Waals surface area contributed by atoms with Gasteiger partial charge in [-0.1, -0.05) is 45.0 Å². The van der Waals surface area contributed by atoms with E-state index in [0.717, 1.165) is 31.6 Å². The summed E-state index contributed by atoms with van der Waals surface area (Å²) in [5, 5.41) is 3.38. The molecular weight excluding hydrogens is 244 g/mol. The van der Waals surface area contributed by atoms with E-state index in [9.17, 15) is 0 Å². The minimum atomic E-state index is 0.804. The third kappa shape index (κ3) is 5.26. The number of nitrogens with zero attached hydrogens (tertiary/aromatic N) is 1. The maximum Gasteiger partial charge on any atom is 0.0236 e. The molecule has 0 aromatic heterocycles. The molecule has 2 nitrogen and oxygen atoms in total. The molecule has 0 unspecified atom stereocenters. The van der Waals surface area contributed by atoms with Crippen LogP contribution in [0.25, 0.3) is 0 Å². The van der Waals surface area contributed by atoms with E-state index < -0.39 is 0 Å². The molecule has 20 heavy (non-hydrogen) atoms. The van der Waals surface area contributed by atoms with Crippen molar-refractivity contribution < 1.29 is 0 Å². The minimum absolute atomic E-state index is 0.804. The summed E-state index contributed by atoms with van der Waals surface area (Å²) in [5.41, 5.74) is 2.84. The van der Waals surface area contributed by atoms with Crippen molar-refractivity contribution in [2.45, 2.75) is 59.2 Å². The molecule has 1 aromatic carbocycles. The standard InChI is InChI=1S/C18H30N2/c1-4-19-13-16-5-7-17(8-6-16)14-20(18-9-10-18)12-11-15(2)3/h5-8,15,18-19H,4,9-14H2,1-3H3. The van der Waals surface area contributed by atoms with Crippen LogP contribution in [0.5, 0.6) is 0 Å². The Morgan fingerprint density at radius 1 is 1.15 bits per heavy atom. The maximum atomic E-state index is 3.38. The van der Waals surface area contributed by atoms with Gasteiger partial charge in [0.05, 0.1) is 0 Å². The van der Waals surface area contributed by atoms with E-state index in [1.807, 2.05) is 0 Å². The summed E-state index contributed by atoms with van der Waals surface area (Å²) < 4.78 is 0. The molecule has 0 amide bonds. The van der Waals surface area contributed by atoms with Crippen LogP contribution in [0, 0.1) is 5.92 Å². The summed E-state index contributed by atoms with van der Waals surface area (Å²) in [7, 11) is 0. The number of hydrogen-bond acceptors (Lipinski definition) is 2. The molecule has 0 saturated heterocycles. The summed E-state index contributed by atoms with van der Waals surface area (Å²) >= 11 is 0. The van der Waals surface area contributed by atoms with Gasteiger partial charge in [-0.3, -0.25) is 4.90 Å². The fourth-order valence-corrected chi connectivity index (χ4v) is 2.52. The Labute approximate surface area is 124 Å². The number of benzene rings is 1. The van der Waals surface area contributed by atoms with Crippen molar-refractivity contribution in [2.75, 3.05) is 13.1 Å². The fourth-order valence-electron chi connectivity index (χ4n) is 2.52. The molecule has 1 aliphatic rings. The molecule has 0 heterocycles. The van der Waals surface area contributed by atoms with Gasteiger partial charge in [0.15, 0.2) is 0 Å². The Hall–Kier alpha value is -0.860. The van der Waals surface area contributed by atoms with E-state index >= 15 is 0 Å². The van der Waals surface area contributed by atoms with E-state index in [1.165, 1.54) is 36.9 Å². The third-order valence-corrected chi connectivity index (χ3v) is 4.04. The first-order chi connectivity index (χ1) is 9.69. The Balaban J connectivity index is 1.86. The van der Waals surface area contributed by atoms with Crippen LogP contribution in [0.1, 0.15) is 51.2 Å². The van der Waals surface area contributed by atoms with Gasteiger partial charge in [-0.25, -0.2) is 0 Å². The van der Waals surface area contributed by atoms with Crippen LogP contribution in [-0.4, -0.2) is 24.0 Å². The summed E-state index contributed by atoms with van der Waals surface area (Å²) in [6.45, 7) is 11.2. The second-order valence-corrected chi connectivity index (χ2v) is 6.48. The van der Waals surface area contributed by atoms with Gasteiger partial charge in [0.2, 0.25) is 0 Å². The van der Waals surface area contributed by atoms with Crippen LogP contribution in [-0.2, 0) is 13.1 Å². The molecule has 0 aliphatic heterocycles. The molecule has 2 rings (SSSR count). The summed E-state index contributed by atoms with van der Waals surface area (Å²) in [5.74, 6) is 0.804. The van der Waals surface area contributed by atoms with Crippen molar-refractivity contribution in [2.24, 2.45) is 5.92 Å². The van der Waals surface area contributed by atoms with Crippen LogP contribution in [0.4, 0.5) is 0 Å². The lowest BCUT2D eigenvalue weighted by molar-refractivity contribution is 0.239. The summed E-state index contributed by atoms with van der Waals surface area (Å²) in [6, 6.07) is 10.0. The predicted octanol–water partition coefficient (Wildman–Crippen LogP) is 3.81. The fraction of sp³-hybridized carbons (Fsp3) is 0.667. The highest BCUT2D eigenvalue weighted by molar-refractivity contribution is 5.22. The summed E-state index contributed by atoms with van der Waals surface area (Å²) in [6.07, 6.45) is 4.11. The van der Waals surface area contributed by atoms with E-state index in [2.05, 4.69) is 55.3 Å². The van der Waals surface area contributed by atoms with Crippen molar-refractivity contribution in [1.29, 1.82) is 0 Å². The van der Waals surface area contributed by atoms with Gasteiger partial charge < -0.3 is 5.32 Å².